The molecule has 2 aromatic rings. The van der Waals surface area contributed by atoms with E-state index in [1.807, 2.05) is 6.92 Å². The van der Waals surface area contributed by atoms with Crippen molar-refractivity contribution in [1.29, 1.82) is 0 Å². The van der Waals surface area contributed by atoms with Crippen LogP contribution in [0.1, 0.15) is 18.3 Å². The molecule has 2 aromatic heterocycles. The van der Waals surface area contributed by atoms with Gasteiger partial charge in [-0.15, -0.1) is 0 Å². The lowest BCUT2D eigenvalue weighted by molar-refractivity contribution is -0.115. The van der Waals surface area contributed by atoms with E-state index in [0.29, 0.717) is 22.6 Å². The lowest BCUT2D eigenvalue weighted by atomic mass is 10.4. The molecule has 0 aliphatic heterocycles. The smallest absolute Gasteiger partial charge is 0.240 e. The number of anilines is 2. The SMILES string of the molecule is Cc1cc(NC(=O)C(C)Sc2nc(C)cc(N)n2)on1. The molecule has 1 amide bonds. The molecule has 3 N–H and O–H groups in total. The van der Waals surface area contributed by atoms with Gasteiger partial charge in [-0.1, -0.05) is 16.9 Å². The van der Waals surface area contributed by atoms with Crippen LogP contribution < -0.4 is 11.1 Å². The number of hydrogen-bond donors (Lipinski definition) is 2. The van der Waals surface area contributed by atoms with Crippen molar-refractivity contribution in [3.05, 3.63) is 23.5 Å². The number of rotatable bonds is 4. The molecule has 106 valence electrons. The van der Waals surface area contributed by atoms with Gasteiger partial charge in [0.05, 0.1) is 10.9 Å². The molecule has 0 aromatic carbocycles. The summed E-state index contributed by atoms with van der Waals surface area (Å²) in [5.41, 5.74) is 7.12. The largest absolute Gasteiger partial charge is 0.384 e. The maximum atomic E-state index is 12.0. The molecule has 0 fully saturated rings. The normalized spacial score (nSPS) is 12.2. The zero-order chi connectivity index (χ0) is 14.7. The highest BCUT2D eigenvalue weighted by atomic mass is 32.2. The summed E-state index contributed by atoms with van der Waals surface area (Å²) in [7, 11) is 0. The molecule has 7 nitrogen and oxygen atoms in total. The minimum atomic E-state index is -0.387. The number of hydrogen-bond acceptors (Lipinski definition) is 7. The average molecular weight is 293 g/mol. The van der Waals surface area contributed by atoms with Crippen LogP contribution in [0.15, 0.2) is 21.8 Å². The third kappa shape index (κ3) is 3.70. The fourth-order valence-corrected chi connectivity index (χ4v) is 2.31. The van der Waals surface area contributed by atoms with Gasteiger partial charge < -0.3 is 10.3 Å². The molecular weight excluding hydrogens is 278 g/mol. The molecule has 2 rings (SSSR count). The Hall–Kier alpha value is -2.09. The van der Waals surface area contributed by atoms with Crippen LogP contribution in [0.3, 0.4) is 0 Å². The summed E-state index contributed by atoms with van der Waals surface area (Å²) in [6.07, 6.45) is 0. The number of nitrogens with one attached hydrogen (secondary N) is 1. The quantitative estimate of drug-likeness (QED) is 0.653. The molecule has 0 saturated heterocycles. The number of aryl methyl sites for hydroxylation is 2. The first kappa shape index (κ1) is 14.3. The van der Waals surface area contributed by atoms with Gasteiger partial charge in [0.2, 0.25) is 11.8 Å². The molecule has 0 aliphatic rings. The van der Waals surface area contributed by atoms with Gasteiger partial charge in [0, 0.05) is 17.8 Å². The Morgan fingerprint density at radius 3 is 2.70 bits per heavy atom. The molecule has 0 saturated carbocycles. The molecule has 8 heteroatoms. The third-order valence-corrected chi connectivity index (χ3v) is 3.34. The van der Waals surface area contributed by atoms with Crippen LogP contribution in [0.25, 0.3) is 0 Å². The topological polar surface area (TPSA) is 107 Å². The second-order valence-electron chi connectivity index (χ2n) is 4.30. The number of nitrogens with zero attached hydrogens (tertiary/aromatic N) is 3. The summed E-state index contributed by atoms with van der Waals surface area (Å²) < 4.78 is 4.93. The van der Waals surface area contributed by atoms with Crippen molar-refractivity contribution in [3.63, 3.8) is 0 Å². The average Bonchev–Trinajstić information content (AvgIpc) is 2.73. The Kier molecular flexibility index (Phi) is 4.23. The lowest BCUT2D eigenvalue weighted by Gasteiger charge is -2.09. The summed E-state index contributed by atoms with van der Waals surface area (Å²) in [5, 5.41) is 6.42. The fraction of sp³-hybridized carbons (Fsp3) is 0.333. The molecular formula is C12H15N5O2S. The maximum absolute atomic E-state index is 12.0. The van der Waals surface area contributed by atoms with E-state index in [9.17, 15) is 4.79 Å². The lowest BCUT2D eigenvalue weighted by Crippen LogP contribution is -2.22. The molecule has 0 radical (unpaired) electrons. The molecule has 1 unspecified atom stereocenters. The van der Waals surface area contributed by atoms with E-state index < -0.39 is 0 Å². The highest BCUT2D eigenvalue weighted by molar-refractivity contribution is 8.00. The molecule has 0 spiro atoms. The van der Waals surface area contributed by atoms with E-state index in [4.69, 9.17) is 10.3 Å². The molecule has 0 bridgehead atoms. The maximum Gasteiger partial charge on any atom is 0.240 e. The second kappa shape index (κ2) is 5.91. The van der Waals surface area contributed by atoms with Crippen LogP contribution in [0, 0.1) is 13.8 Å². The number of aromatic nitrogens is 3. The molecule has 0 aliphatic carbocycles. The van der Waals surface area contributed by atoms with Crippen molar-refractivity contribution in [2.24, 2.45) is 0 Å². The van der Waals surface area contributed by atoms with Crippen molar-refractivity contribution in [1.82, 2.24) is 15.1 Å². The summed E-state index contributed by atoms with van der Waals surface area (Å²) in [6.45, 7) is 5.36. The highest BCUT2D eigenvalue weighted by Gasteiger charge is 2.18. The van der Waals surface area contributed by atoms with E-state index >= 15 is 0 Å². The number of amides is 1. The predicted molar refractivity (Wildman–Crippen MR) is 76.4 cm³/mol. The zero-order valence-corrected chi connectivity index (χ0v) is 12.2. The van der Waals surface area contributed by atoms with Crippen molar-refractivity contribution >= 4 is 29.4 Å². The van der Waals surface area contributed by atoms with Gasteiger partial charge in [-0.05, 0) is 20.8 Å². The first-order chi connectivity index (χ1) is 9.44. The first-order valence-electron chi connectivity index (χ1n) is 5.96. The third-order valence-electron chi connectivity index (χ3n) is 2.38. The summed E-state index contributed by atoms with van der Waals surface area (Å²) in [5.74, 6) is 0.498. The molecule has 1 atom stereocenters. The zero-order valence-electron chi connectivity index (χ0n) is 11.4. The minimum Gasteiger partial charge on any atom is -0.384 e. The minimum absolute atomic E-state index is 0.213. The van der Waals surface area contributed by atoms with Gasteiger partial charge in [0.25, 0.3) is 0 Å². The van der Waals surface area contributed by atoms with Gasteiger partial charge in [-0.3, -0.25) is 10.1 Å². The van der Waals surface area contributed by atoms with E-state index in [2.05, 4.69) is 20.4 Å². The van der Waals surface area contributed by atoms with Crippen molar-refractivity contribution in [2.45, 2.75) is 31.2 Å². The monoisotopic (exact) mass is 293 g/mol. The Morgan fingerprint density at radius 1 is 1.35 bits per heavy atom. The first-order valence-corrected chi connectivity index (χ1v) is 6.84. The number of thioether (sulfide) groups is 1. The summed E-state index contributed by atoms with van der Waals surface area (Å²) in [4.78, 5) is 20.3. The van der Waals surface area contributed by atoms with E-state index in [-0.39, 0.29) is 11.2 Å². The Labute approximate surface area is 120 Å². The van der Waals surface area contributed by atoms with Crippen LogP contribution in [0.2, 0.25) is 0 Å². The van der Waals surface area contributed by atoms with E-state index in [1.165, 1.54) is 11.8 Å². The van der Waals surface area contributed by atoms with Crippen LogP contribution in [-0.2, 0) is 4.79 Å². The van der Waals surface area contributed by atoms with Gasteiger partial charge in [-0.2, -0.15) is 0 Å². The Bertz CT molecular complexity index is 608. The molecule has 2 heterocycles. The number of carbonyl (C=O) groups excluding carboxylic acids is 1. The van der Waals surface area contributed by atoms with Crippen LogP contribution in [0.4, 0.5) is 11.7 Å². The van der Waals surface area contributed by atoms with Crippen molar-refractivity contribution < 1.29 is 9.32 Å². The van der Waals surface area contributed by atoms with Gasteiger partial charge in [0.1, 0.15) is 5.82 Å². The number of carbonyl (C=O) groups is 1. The van der Waals surface area contributed by atoms with Gasteiger partial charge in [-0.25, -0.2) is 9.97 Å². The van der Waals surface area contributed by atoms with Gasteiger partial charge in [0.15, 0.2) is 5.16 Å². The standard InChI is InChI=1S/C12H15N5O2S/c1-6-4-9(13)15-12(14-6)20-8(3)11(18)16-10-5-7(2)17-19-10/h4-5,8H,1-3H3,(H,16,18)(H2,13,14,15). The van der Waals surface area contributed by atoms with E-state index in [1.54, 1.807) is 26.0 Å². The van der Waals surface area contributed by atoms with Crippen LogP contribution >= 0.6 is 11.8 Å². The summed E-state index contributed by atoms with van der Waals surface area (Å²) in [6, 6.07) is 3.32. The number of nitrogen functional groups attached to an aromatic ring is 1. The Balaban J connectivity index is 2.00. The Morgan fingerprint density at radius 2 is 2.10 bits per heavy atom. The van der Waals surface area contributed by atoms with Crippen molar-refractivity contribution in [3.8, 4) is 0 Å². The predicted octanol–water partition coefficient (Wildman–Crippen LogP) is 1.78. The van der Waals surface area contributed by atoms with Gasteiger partial charge >= 0.3 is 0 Å². The second-order valence-corrected chi connectivity index (χ2v) is 5.61. The highest BCUT2D eigenvalue weighted by Crippen LogP contribution is 2.22. The van der Waals surface area contributed by atoms with Crippen LogP contribution in [-0.4, -0.2) is 26.3 Å². The van der Waals surface area contributed by atoms with E-state index in [0.717, 1.165) is 5.69 Å². The van der Waals surface area contributed by atoms with Crippen LogP contribution in [0.5, 0.6) is 0 Å². The van der Waals surface area contributed by atoms with Crippen molar-refractivity contribution in [2.75, 3.05) is 11.1 Å². The number of nitrogens with two attached hydrogens (primary N) is 1. The molecule has 20 heavy (non-hydrogen) atoms. The summed E-state index contributed by atoms with van der Waals surface area (Å²) >= 11 is 1.23. The fourth-order valence-electron chi connectivity index (χ4n) is 1.47.